The standard InChI is InChI=1S/C22H22N6O3S2/c1-13-10-31-9-8-28(13)21-18-17(16(11-32-18)22(2,12-23)33(3,29)30)26-20(27-21)15-5-7-25-19-14(15)4-6-24-19/h4-7,11,13H,8-10H2,1-3H3,(H,24,25)/t13-,22?/m1/s1. The van der Waals surface area contributed by atoms with E-state index in [1.807, 2.05) is 18.2 Å². The van der Waals surface area contributed by atoms with Gasteiger partial charge in [0.15, 0.2) is 26.2 Å². The molecule has 0 spiro atoms. The predicted molar refractivity (Wildman–Crippen MR) is 128 cm³/mol. The van der Waals surface area contributed by atoms with E-state index < -0.39 is 14.6 Å². The lowest BCUT2D eigenvalue weighted by molar-refractivity contribution is 0.0987. The molecule has 1 saturated heterocycles. The Kier molecular flexibility index (Phi) is 5.12. The molecule has 0 saturated carbocycles. The number of anilines is 1. The number of H-pyrrole nitrogens is 1. The molecule has 4 aromatic heterocycles. The van der Waals surface area contributed by atoms with E-state index in [0.717, 1.165) is 27.7 Å². The van der Waals surface area contributed by atoms with Gasteiger partial charge < -0.3 is 14.6 Å². The number of aromatic nitrogens is 4. The molecule has 1 unspecified atom stereocenters. The molecule has 0 aliphatic carbocycles. The summed E-state index contributed by atoms with van der Waals surface area (Å²) in [5.41, 5.74) is 2.34. The van der Waals surface area contributed by atoms with E-state index in [2.05, 4.69) is 21.8 Å². The quantitative estimate of drug-likeness (QED) is 0.470. The van der Waals surface area contributed by atoms with Crippen LogP contribution in [0.15, 0.2) is 29.9 Å². The molecule has 0 radical (unpaired) electrons. The van der Waals surface area contributed by atoms with Crippen molar-refractivity contribution in [2.75, 3.05) is 30.9 Å². The van der Waals surface area contributed by atoms with Gasteiger partial charge in [0, 0.05) is 41.7 Å². The van der Waals surface area contributed by atoms with Gasteiger partial charge in [-0.1, -0.05) is 0 Å². The first-order chi connectivity index (χ1) is 15.7. The van der Waals surface area contributed by atoms with Gasteiger partial charge in [-0.3, -0.25) is 0 Å². The second-order valence-electron chi connectivity index (χ2n) is 8.33. The third-order valence-corrected chi connectivity index (χ3v) is 8.97. The van der Waals surface area contributed by atoms with Gasteiger partial charge in [-0.25, -0.2) is 23.4 Å². The Balaban J connectivity index is 1.84. The van der Waals surface area contributed by atoms with Crippen LogP contribution in [0.1, 0.15) is 19.4 Å². The number of nitriles is 1. The van der Waals surface area contributed by atoms with Crippen LogP contribution in [0.4, 0.5) is 5.82 Å². The van der Waals surface area contributed by atoms with Gasteiger partial charge in [0.2, 0.25) is 0 Å². The van der Waals surface area contributed by atoms with E-state index >= 15 is 0 Å². The summed E-state index contributed by atoms with van der Waals surface area (Å²) in [7, 11) is -3.74. The number of thiophene rings is 1. The van der Waals surface area contributed by atoms with Gasteiger partial charge in [-0.2, -0.15) is 5.26 Å². The summed E-state index contributed by atoms with van der Waals surface area (Å²) in [6.45, 7) is 5.28. The number of nitrogens with one attached hydrogen (secondary N) is 1. The molecule has 9 nitrogen and oxygen atoms in total. The summed E-state index contributed by atoms with van der Waals surface area (Å²) < 4.78 is 30.0. The number of hydrogen-bond acceptors (Lipinski definition) is 9. The Morgan fingerprint density at radius 2 is 2.18 bits per heavy atom. The molecular weight excluding hydrogens is 460 g/mol. The van der Waals surface area contributed by atoms with E-state index in [1.165, 1.54) is 18.3 Å². The summed E-state index contributed by atoms with van der Waals surface area (Å²) in [5, 5.41) is 12.5. The van der Waals surface area contributed by atoms with Crippen molar-refractivity contribution in [3.8, 4) is 17.5 Å². The van der Waals surface area contributed by atoms with Gasteiger partial charge in [-0.15, -0.1) is 11.3 Å². The lowest BCUT2D eigenvalue weighted by Gasteiger charge is -2.34. The second-order valence-corrected chi connectivity index (χ2v) is 11.6. The van der Waals surface area contributed by atoms with Crippen LogP contribution in [0.25, 0.3) is 32.6 Å². The predicted octanol–water partition coefficient (Wildman–Crippen LogP) is 3.24. The first-order valence-corrected chi connectivity index (χ1v) is 13.2. The number of rotatable bonds is 4. The van der Waals surface area contributed by atoms with Crippen LogP contribution in [0.3, 0.4) is 0 Å². The van der Waals surface area contributed by atoms with Crippen molar-refractivity contribution in [1.29, 1.82) is 5.26 Å². The van der Waals surface area contributed by atoms with Crippen LogP contribution in [-0.4, -0.2) is 60.4 Å². The number of sulfone groups is 1. The van der Waals surface area contributed by atoms with Crippen LogP contribution in [0.2, 0.25) is 0 Å². The summed E-state index contributed by atoms with van der Waals surface area (Å²) >= 11 is 1.36. The Morgan fingerprint density at radius 1 is 1.36 bits per heavy atom. The maximum atomic E-state index is 12.7. The number of fused-ring (bicyclic) bond motifs is 2. The van der Waals surface area contributed by atoms with Gasteiger partial charge in [-0.05, 0) is 31.4 Å². The summed E-state index contributed by atoms with van der Waals surface area (Å²) in [6.07, 6.45) is 4.57. The van der Waals surface area contributed by atoms with Crippen molar-refractivity contribution >= 4 is 48.2 Å². The Labute approximate surface area is 195 Å². The average molecular weight is 483 g/mol. The zero-order chi connectivity index (χ0) is 23.4. The van der Waals surface area contributed by atoms with Crippen molar-refractivity contribution in [1.82, 2.24) is 19.9 Å². The van der Waals surface area contributed by atoms with E-state index in [-0.39, 0.29) is 6.04 Å². The van der Waals surface area contributed by atoms with Crippen LogP contribution in [0, 0.1) is 11.3 Å². The number of ether oxygens (including phenoxy) is 1. The molecule has 0 amide bonds. The molecule has 33 heavy (non-hydrogen) atoms. The molecule has 5 rings (SSSR count). The zero-order valence-corrected chi connectivity index (χ0v) is 20.0. The Hall–Kier alpha value is -3.07. The van der Waals surface area contributed by atoms with E-state index in [9.17, 15) is 13.7 Å². The largest absolute Gasteiger partial charge is 0.377 e. The molecule has 2 atom stereocenters. The second kappa shape index (κ2) is 7.76. The minimum absolute atomic E-state index is 0.0808. The highest BCUT2D eigenvalue weighted by molar-refractivity contribution is 7.91. The highest BCUT2D eigenvalue weighted by Crippen LogP contribution is 2.42. The monoisotopic (exact) mass is 482 g/mol. The number of pyridine rings is 1. The number of morpholine rings is 1. The first kappa shape index (κ1) is 21.8. The maximum Gasteiger partial charge on any atom is 0.183 e. The molecule has 5 heterocycles. The summed E-state index contributed by atoms with van der Waals surface area (Å²) in [5.74, 6) is 1.17. The highest BCUT2D eigenvalue weighted by atomic mass is 32.2. The number of nitrogens with zero attached hydrogens (tertiary/aromatic N) is 5. The summed E-state index contributed by atoms with van der Waals surface area (Å²) in [6, 6.07) is 5.85. The van der Waals surface area contributed by atoms with E-state index in [0.29, 0.717) is 42.3 Å². The van der Waals surface area contributed by atoms with Crippen molar-refractivity contribution in [3.05, 3.63) is 35.5 Å². The van der Waals surface area contributed by atoms with Crippen LogP contribution >= 0.6 is 11.3 Å². The molecule has 0 aromatic carbocycles. The normalized spacial score (nSPS) is 19.0. The number of hydrogen-bond donors (Lipinski definition) is 1. The topological polar surface area (TPSA) is 125 Å². The minimum Gasteiger partial charge on any atom is -0.377 e. The third-order valence-electron chi connectivity index (χ3n) is 6.21. The van der Waals surface area contributed by atoms with Crippen molar-refractivity contribution < 1.29 is 13.2 Å². The molecule has 170 valence electrons. The van der Waals surface area contributed by atoms with Crippen molar-refractivity contribution in [2.24, 2.45) is 0 Å². The van der Waals surface area contributed by atoms with Crippen LogP contribution in [0.5, 0.6) is 0 Å². The smallest absolute Gasteiger partial charge is 0.183 e. The van der Waals surface area contributed by atoms with E-state index in [4.69, 9.17) is 14.7 Å². The SMILES string of the molecule is C[C@@H]1COCCN1c1nc(-c2ccnc3[nH]ccc23)nc2c(C(C)(C#N)S(C)(=O)=O)csc12. The van der Waals surface area contributed by atoms with Gasteiger partial charge in [0.05, 0.1) is 35.5 Å². The fourth-order valence-electron chi connectivity index (χ4n) is 4.10. The fraction of sp³-hybridized carbons (Fsp3) is 0.364. The maximum absolute atomic E-state index is 12.7. The molecule has 0 bridgehead atoms. The Morgan fingerprint density at radius 3 is 2.91 bits per heavy atom. The number of aromatic amines is 1. The fourth-order valence-corrected chi connectivity index (χ4v) is 6.01. The third kappa shape index (κ3) is 3.37. The first-order valence-electron chi connectivity index (χ1n) is 10.4. The summed E-state index contributed by atoms with van der Waals surface area (Å²) in [4.78, 5) is 19.4. The van der Waals surface area contributed by atoms with Crippen LogP contribution in [-0.2, 0) is 19.3 Å². The lowest BCUT2D eigenvalue weighted by Crippen LogP contribution is -2.44. The molecule has 1 aliphatic rings. The molecular formula is C22H22N6O3S2. The minimum atomic E-state index is -3.74. The van der Waals surface area contributed by atoms with E-state index in [1.54, 1.807) is 17.8 Å². The van der Waals surface area contributed by atoms with Crippen molar-refractivity contribution in [2.45, 2.75) is 24.6 Å². The molecule has 11 heteroatoms. The molecule has 4 aromatic rings. The van der Waals surface area contributed by atoms with Crippen molar-refractivity contribution in [3.63, 3.8) is 0 Å². The van der Waals surface area contributed by atoms with Gasteiger partial charge in [0.1, 0.15) is 5.65 Å². The van der Waals surface area contributed by atoms with Crippen LogP contribution < -0.4 is 4.90 Å². The zero-order valence-electron chi connectivity index (χ0n) is 18.4. The Bertz CT molecular complexity index is 1520. The molecule has 1 N–H and O–H groups in total. The van der Waals surface area contributed by atoms with Gasteiger partial charge in [0.25, 0.3) is 0 Å². The lowest BCUT2D eigenvalue weighted by atomic mass is 10.0. The molecule has 1 fully saturated rings. The highest BCUT2D eigenvalue weighted by Gasteiger charge is 2.41. The average Bonchev–Trinajstić information content (AvgIpc) is 3.44. The molecule has 1 aliphatic heterocycles. The van der Waals surface area contributed by atoms with Gasteiger partial charge >= 0.3 is 0 Å².